The minimum Gasteiger partial charge on any atom is -0.394 e. The molecule has 0 aliphatic carbocycles. The van der Waals surface area contributed by atoms with Gasteiger partial charge in [-0.2, -0.15) is 0 Å². The zero-order valence-electron chi connectivity index (χ0n) is 87.4. The van der Waals surface area contributed by atoms with E-state index in [0.29, 0.717) is 5.92 Å². The van der Waals surface area contributed by atoms with Crippen molar-refractivity contribution >= 4 is 0 Å². The molecule has 0 atom stereocenters. The third-order valence-corrected chi connectivity index (χ3v) is 16.6. The third-order valence-electron chi connectivity index (χ3n) is 16.6. The van der Waals surface area contributed by atoms with Gasteiger partial charge in [0.1, 0.15) is 0 Å². The average molecular weight is 2650 g/mol. The van der Waals surface area contributed by atoms with E-state index in [1.54, 1.807) is 12.2 Å². The molecule has 0 radical (unpaired) electrons. The van der Waals surface area contributed by atoms with Gasteiger partial charge in [0, 0.05) is 0 Å². The molecule has 3 aromatic carbocycles. The van der Waals surface area contributed by atoms with Crippen molar-refractivity contribution in [1.29, 1.82) is 0 Å². The van der Waals surface area contributed by atoms with Crippen molar-refractivity contribution in [3.8, 4) is 0 Å². The van der Waals surface area contributed by atoms with E-state index >= 15 is 0 Å². The van der Waals surface area contributed by atoms with Crippen LogP contribution in [0.25, 0.3) is 0 Å². The molecular weight excluding hydrogens is 2460 g/mol. The fourth-order valence-corrected chi connectivity index (χ4v) is 8.79. The SMILES string of the molecule is CC(C)(C)[C-]=CC=[C-]C(C)(C)C.CC(C)(C)c1cccc(C(C)(C)C)c1.CC(C)(C)c1ccccc1C(C)(C)C.CC(C)c1ccc(C(C)(C)C)cc1.[CH-]=C(C(=[CH-])C(C)(C)C)C(C)(C)C.[CH-]=C(C=[C-]C(C)(C)C)C(C)(C)C.[CH-]=C(C=[C-]C(C)(C)C)C(C)(C)C.[CH-]=CC(=[C-]C(C)(C)C)C(C)(C)C.[CH-]=CC(=[C-]C(C)(C)C)C(C)(C)C.[W+2].[W+2].[W+2].[W+2].[W+2].[W+2]. The average Bonchev–Trinajstić information content (AvgIpc) is 0.803. The third kappa shape index (κ3) is 79.8. The first-order chi connectivity index (χ1) is 49.2. The van der Waals surface area contributed by atoms with Gasteiger partial charge in [-0.15, -0.1) is 65.0 Å². The molecule has 0 amide bonds. The Balaban J connectivity index is -0.000000108. The Kier molecular flexibility index (Phi) is 70.2. The summed E-state index contributed by atoms with van der Waals surface area (Å²) in [6.45, 7) is 149. The summed E-state index contributed by atoms with van der Waals surface area (Å²) >= 11 is 0. The Morgan fingerprint density at radius 3 is 0.655 bits per heavy atom. The van der Waals surface area contributed by atoms with Gasteiger partial charge in [-0.1, -0.05) is 440 Å². The quantitative estimate of drug-likeness (QED) is 0.163. The Labute approximate surface area is 834 Å². The van der Waals surface area contributed by atoms with Crippen LogP contribution >= 0.6 is 0 Å². The van der Waals surface area contributed by atoms with Gasteiger partial charge in [0.2, 0.25) is 0 Å². The second-order valence-electron chi connectivity index (χ2n) is 48.5. The van der Waals surface area contributed by atoms with Crippen LogP contribution in [0.5, 0.6) is 0 Å². The summed E-state index contributed by atoms with van der Waals surface area (Å²) in [4.78, 5) is 0. The second kappa shape index (κ2) is 58.3. The maximum absolute atomic E-state index is 5.94. The van der Waals surface area contributed by atoms with Crippen LogP contribution in [0.4, 0.5) is 0 Å². The molecule has 3 aromatic rings. The normalized spacial score (nSPS) is 12.9. The molecule has 0 saturated heterocycles. The van der Waals surface area contributed by atoms with E-state index in [4.69, 9.17) is 39.5 Å². The van der Waals surface area contributed by atoms with Crippen LogP contribution < -0.4 is 0 Å². The smallest absolute Gasteiger partial charge is 0.394 e. The molecule has 3 rings (SSSR count). The van der Waals surface area contributed by atoms with Crippen molar-refractivity contribution in [2.45, 2.75) is 400 Å². The Hall–Kier alpha value is -1.33. The predicted octanol–water partition coefficient (Wildman–Crippen LogP) is 35.4. The number of hydrogen-bond donors (Lipinski definition) is 0. The van der Waals surface area contributed by atoms with E-state index in [1.807, 2.05) is 24.3 Å². The van der Waals surface area contributed by atoms with E-state index in [0.717, 1.165) is 33.4 Å². The molecule has 0 spiro atoms. The summed E-state index contributed by atoms with van der Waals surface area (Å²) in [6.07, 6.45) is 30.8. The summed E-state index contributed by atoms with van der Waals surface area (Å²) in [5.41, 5.74) is 16.3. The predicted molar refractivity (Wildman–Crippen MR) is 514 cm³/mol. The van der Waals surface area contributed by atoms with E-state index < -0.39 is 0 Å². The van der Waals surface area contributed by atoms with Crippen LogP contribution in [0.2, 0.25) is 0 Å². The molecule has 6 heteroatoms. The van der Waals surface area contributed by atoms with E-state index in [9.17, 15) is 0 Å². The van der Waals surface area contributed by atoms with Gasteiger partial charge in [0.05, 0.1) is 0 Å². The first kappa shape index (κ1) is 143. The Morgan fingerprint density at radius 2 is 0.504 bits per heavy atom. The number of benzene rings is 3. The number of allylic oxidation sites excluding steroid dienone is 18. The van der Waals surface area contributed by atoms with Crippen molar-refractivity contribution in [2.24, 2.45) is 65.0 Å². The fraction of sp³-hybridized carbons (Fsp3) is 0.628. The largest absolute Gasteiger partial charge is 2.00 e. The molecule has 0 aliphatic heterocycles. The van der Waals surface area contributed by atoms with Crippen LogP contribution in [0, 0.1) is 141 Å². The van der Waals surface area contributed by atoms with E-state index in [-0.39, 0.29) is 218 Å². The molecule has 0 nitrogen and oxygen atoms in total. The van der Waals surface area contributed by atoms with Gasteiger partial charge in [-0.3, -0.25) is 0 Å². The zero-order chi connectivity index (χ0) is 92.0. The van der Waals surface area contributed by atoms with Crippen LogP contribution in [-0.4, -0.2) is 0 Å². The molecule has 0 bridgehead atoms. The van der Waals surface area contributed by atoms with Crippen molar-refractivity contribution < 1.29 is 126 Å². The molecule has 0 aliphatic rings. The topological polar surface area (TPSA) is 0 Å². The standard InChI is InChI=1S/2C14H22.C13H20.6C12H20.6W/c1-13(2,3)11-8-7-9-12(10-11)14(4,5)6;1-13(2,3)11-9-7-8-10-12(11)14(4,5)6;1-10(2)11-6-8-12(9-7-11)13(3,4)5;2*1-10(12(5,6)7)8-9-11(2,3)4;1-9(11(3,4)5)10(2)12(6,7)8;1-11(2,3)9-7-8-10-12(4,5)6;2*1-8-10(12(5,6)7)9-11(2,3)4;;;;;;/h2*7-10H,1-6H3;6-10H,1-5H3;2*1,8H,2-7H3;1-2H,3-8H3;7-8H,1-6H3;2*1,8H,2-7H3;;;;;;/q;;;6*-2;6*+2. The Bertz CT molecular complexity index is 3280. The molecule has 0 heterocycles. The van der Waals surface area contributed by atoms with Crippen LogP contribution in [0.1, 0.15) is 406 Å². The summed E-state index contributed by atoms with van der Waals surface area (Å²) < 4.78 is 0. The van der Waals surface area contributed by atoms with Gasteiger partial charge in [0.25, 0.3) is 0 Å². The first-order valence-corrected chi connectivity index (χ1v) is 41.9. The van der Waals surface area contributed by atoms with Crippen LogP contribution in [0.15, 0.2) is 143 Å². The minimum atomic E-state index is -0.0304. The van der Waals surface area contributed by atoms with Crippen LogP contribution in [-0.2, 0) is 153 Å². The maximum atomic E-state index is 5.94. The first-order valence-electron chi connectivity index (χ1n) is 41.9. The molecular formula is C113H184W6. The minimum absolute atomic E-state index is 0. The summed E-state index contributed by atoms with van der Waals surface area (Å²) in [6, 6.07) is 26.7. The molecule has 119 heavy (non-hydrogen) atoms. The van der Waals surface area contributed by atoms with E-state index in [1.165, 1.54) is 33.4 Å². The van der Waals surface area contributed by atoms with Crippen LogP contribution in [0.3, 0.4) is 0 Å². The second-order valence-corrected chi connectivity index (χ2v) is 48.5. The molecule has 0 aromatic heterocycles. The van der Waals surface area contributed by atoms with Crippen molar-refractivity contribution in [3.05, 3.63) is 252 Å². The molecule has 0 fully saturated rings. The van der Waals surface area contributed by atoms with Crippen molar-refractivity contribution in [2.75, 3.05) is 0 Å². The van der Waals surface area contributed by atoms with Crippen molar-refractivity contribution in [3.63, 3.8) is 0 Å². The number of hydrogen-bond acceptors (Lipinski definition) is 0. The van der Waals surface area contributed by atoms with Gasteiger partial charge in [0.15, 0.2) is 0 Å². The van der Waals surface area contributed by atoms with Gasteiger partial charge < -0.3 is 146 Å². The van der Waals surface area contributed by atoms with Crippen molar-refractivity contribution in [1.82, 2.24) is 0 Å². The molecule has 0 N–H and O–H groups in total. The molecule has 672 valence electrons. The van der Waals surface area contributed by atoms with Gasteiger partial charge >= 0.3 is 126 Å². The Morgan fingerprint density at radius 1 is 0.269 bits per heavy atom. The van der Waals surface area contributed by atoms with E-state index in [2.05, 4.69) is 476 Å². The van der Waals surface area contributed by atoms with Gasteiger partial charge in [-0.25, -0.2) is 0 Å². The molecule has 0 saturated carbocycles. The number of rotatable bonds is 7. The monoisotopic (exact) mass is 2650 g/mol. The maximum Gasteiger partial charge on any atom is 2.00 e. The zero-order valence-corrected chi connectivity index (χ0v) is 105. The summed E-state index contributed by atoms with van der Waals surface area (Å²) in [5, 5.41) is 0. The summed E-state index contributed by atoms with van der Waals surface area (Å²) in [5.74, 6) is 0.633. The van der Waals surface area contributed by atoms with Gasteiger partial charge in [-0.05, 0) is 66.4 Å². The molecule has 0 unspecified atom stereocenters. The fourth-order valence-electron chi connectivity index (χ4n) is 8.79. The summed E-state index contributed by atoms with van der Waals surface area (Å²) in [7, 11) is 0.